The third-order valence-corrected chi connectivity index (χ3v) is 2.78. The molecule has 0 saturated carbocycles. The fourth-order valence-corrected chi connectivity index (χ4v) is 1.90. The lowest BCUT2D eigenvalue weighted by molar-refractivity contribution is 0.178. The first kappa shape index (κ1) is 13.3. The molecule has 2 rings (SSSR count). The molecular weight excluding hydrogens is 242 g/mol. The van der Waals surface area contributed by atoms with E-state index >= 15 is 0 Å². The minimum Gasteiger partial charge on any atom is -0.497 e. The lowest BCUT2D eigenvalue weighted by Crippen LogP contribution is -2.03. The first-order valence-corrected chi connectivity index (χ1v) is 5.91. The lowest BCUT2D eigenvalue weighted by atomic mass is 10.0. The Kier molecular flexibility index (Phi) is 3.97. The molecule has 1 heterocycles. The first-order valence-electron chi connectivity index (χ1n) is 5.91. The summed E-state index contributed by atoms with van der Waals surface area (Å²) in [5.74, 6) is 1.83. The molecule has 100 valence electrons. The predicted octanol–water partition coefficient (Wildman–Crippen LogP) is 2.19. The van der Waals surface area contributed by atoms with Crippen molar-refractivity contribution in [3.63, 3.8) is 0 Å². The number of hydrogen-bond donors (Lipinski definition) is 1. The predicted molar refractivity (Wildman–Crippen MR) is 73.9 cm³/mol. The van der Waals surface area contributed by atoms with Gasteiger partial charge in [-0.25, -0.2) is 9.97 Å². The third-order valence-electron chi connectivity index (χ3n) is 2.78. The summed E-state index contributed by atoms with van der Waals surface area (Å²) in [6, 6.07) is 7.58. The molecule has 0 spiro atoms. The van der Waals surface area contributed by atoms with Crippen LogP contribution in [-0.2, 0) is 11.3 Å². The third kappa shape index (κ3) is 3.00. The maximum Gasteiger partial charge on any atom is 0.157 e. The van der Waals surface area contributed by atoms with Gasteiger partial charge in [-0.1, -0.05) is 0 Å². The molecule has 0 atom stereocenters. The van der Waals surface area contributed by atoms with Crippen molar-refractivity contribution in [3.05, 3.63) is 35.7 Å². The molecule has 1 aromatic heterocycles. The molecule has 2 aromatic rings. The van der Waals surface area contributed by atoms with Crippen molar-refractivity contribution in [3.8, 4) is 17.0 Å². The highest BCUT2D eigenvalue weighted by molar-refractivity contribution is 5.66. The van der Waals surface area contributed by atoms with Gasteiger partial charge in [0.2, 0.25) is 0 Å². The maximum atomic E-state index is 5.80. The second-order valence-corrected chi connectivity index (χ2v) is 4.21. The molecule has 5 nitrogen and oxygen atoms in total. The number of nitrogens with two attached hydrogens (primary N) is 1. The monoisotopic (exact) mass is 259 g/mol. The number of rotatable bonds is 4. The van der Waals surface area contributed by atoms with Crippen LogP contribution in [0, 0.1) is 6.92 Å². The lowest BCUT2D eigenvalue weighted by Gasteiger charge is -2.09. The summed E-state index contributed by atoms with van der Waals surface area (Å²) in [6.45, 7) is 2.35. The van der Waals surface area contributed by atoms with Crippen LogP contribution in [0.1, 0.15) is 11.4 Å². The Morgan fingerprint density at radius 1 is 1.16 bits per heavy atom. The number of nitrogen functional groups attached to an aromatic ring is 1. The molecule has 2 N–H and O–H groups in total. The van der Waals surface area contributed by atoms with E-state index in [9.17, 15) is 0 Å². The molecule has 1 aromatic carbocycles. The number of ether oxygens (including phenoxy) is 2. The second kappa shape index (κ2) is 5.67. The standard InChI is InChI=1S/C14H17N3O2/c1-9-6-10(19-3)4-5-11(9)12-7-13(15)17-14(16-12)8-18-2/h4-7H,8H2,1-3H3,(H2,15,16,17). The zero-order chi connectivity index (χ0) is 13.8. The molecule has 0 bridgehead atoms. The fourth-order valence-electron chi connectivity index (χ4n) is 1.90. The quantitative estimate of drug-likeness (QED) is 0.911. The molecule has 0 aliphatic carbocycles. The number of nitrogens with zero attached hydrogens (tertiary/aromatic N) is 2. The Morgan fingerprint density at radius 3 is 2.58 bits per heavy atom. The normalized spacial score (nSPS) is 10.5. The van der Waals surface area contributed by atoms with Gasteiger partial charge >= 0.3 is 0 Å². The van der Waals surface area contributed by atoms with Crippen LogP contribution in [0.5, 0.6) is 5.75 Å². The SMILES string of the molecule is COCc1nc(N)cc(-c2ccc(OC)cc2C)n1. The van der Waals surface area contributed by atoms with Gasteiger partial charge in [0.05, 0.1) is 12.8 Å². The number of methoxy groups -OCH3 is 2. The topological polar surface area (TPSA) is 70.3 Å². The van der Waals surface area contributed by atoms with E-state index < -0.39 is 0 Å². The Hall–Kier alpha value is -2.14. The highest BCUT2D eigenvalue weighted by Gasteiger charge is 2.08. The summed E-state index contributed by atoms with van der Waals surface area (Å²) >= 11 is 0. The fraction of sp³-hybridized carbons (Fsp3) is 0.286. The highest BCUT2D eigenvalue weighted by atomic mass is 16.5. The van der Waals surface area contributed by atoms with Crippen LogP contribution in [0.15, 0.2) is 24.3 Å². The van der Waals surface area contributed by atoms with Crippen molar-refractivity contribution < 1.29 is 9.47 Å². The summed E-state index contributed by atoms with van der Waals surface area (Å²) in [5, 5.41) is 0. The van der Waals surface area contributed by atoms with Crippen LogP contribution >= 0.6 is 0 Å². The Bertz CT molecular complexity index is 585. The number of benzene rings is 1. The highest BCUT2D eigenvalue weighted by Crippen LogP contribution is 2.26. The van der Waals surface area contributed by atoms with Gasteiger partial charge in [0, 0.05) is 18.7 Å². The molecule has 0 unspecified atom stereocenters. The largest absolute Gasteiger partial charge is 0.497 e. The summed E-state index contributed by atoms with van der Waals surface area (Å²) in [6.07, 6.45) is 0. The van der Waals surface area contributed by atoms with Gasteiger partial charge in [-0.3, -0.25) is 0 Å². The van der Waals surface area contributed by atoms with Crippen LogP contribution in [0.3, 0.4) is 0 Å². The van der Waals surface area contributed by atoms with Gasteiger partial charge in [0.15, 0.2) is 5.82 Å². The second-order valence-electron chi connectivity index (χ2n) is 4.21. The average molecular weight is 259 g/mol. The van der Waals surface area contributed by atoms with Crippen LogP contribution < -0.4 is 10.5 Å². The number of aromatic nitrogens is 2. The van der Waals surface area contributed by atoms with E-state index in [0.29, 0.717) is 18.2 Å². The summed E-state index contributed by atoms with van der Waals surface area (Å²) in [4.78, 5) is 8.58. The molecule has 0 aliphatic rings. The van der Waals surface area contributed by atoms with Crippen molar-refractivity contribution in [2.45, 2.75) is 13.5 Å². The van der Waals surface area contributed by atoms with E-state index in [0.717, 1.165) is 22.6 Å². The zero-order valence-corrected chi connectivity index (χ0v) is 11.3. The Morgan fingerprint density at radius 2 is 1.95 bits per heavy atom. The van der Waals surface area contributed by atoms with E-state index in [1.54, 1.807) is 20.3 Å². The van der Waals surface area contributed by atoms with Crippen molar-refractivity contribution in [1.29, 1.82) is 0 Å². The smallest absolute Gasteiger partial charge is 0.157 e. The number of anilines is 1. The minimum absolute atomic E-state index is 0.341. The summed E-state index contributed by atoms with van der Waals surface area (Å²) in [7, 11) is 3.25. The van der Waals surface area contributed by atoms with Gasteiger partial charge in [0.1, 0.15) is 18.2 Å². The minimum atomic E-state index is 0.341. The van der Waals surface area contributed by atoms with E-state index in [4.69, 9.17) is 15.2 Å². The van der Waals surface area contributed by atoms with Crippen molar-refractivity contribution in [2.24, 2.45) is 0 Å². The van der Waals surface area contributed by atoms with Crippen LogP contribution in [0.4, 0.5) is 5.82 Å². The molecule has 0 saturated heterocycles. The molecule has 0 radical (unpaired) electrons. The Balaban J connectivity index is 2.46. The van der Waals surface area contributed by atoms with Crippen LogP contribution in [-0.4, -0.2) is 24.2 Å². The van der Waals surface area contributed by atoms with Gasteiger partial charge in [-0.2, -0.15) is 0 Å². The summed E-state index contributed by atoms with van der Waals surface area (Å²) in [5.41, 5.74) is 8.67. The molecule has 0 amide bonds. The van der Waals surface area contributed by atoms with Crippen LogP contribution in [0.2, 0.25) is 0 Å². The van der Waals surface area contributed by atoms with Crippen LogP contribution in [0.25, 0.3) is 11.3 Å². The molecule has 0 aliphatic heterocycles. The van der Waals surface area contributed by atoms with Gasteiger partial charge in [-0.15, -0.1) is 0 Å². The maximum absolute atomic E-state index is 5.80. The van der Waals surface area contributed by atoms with E-state index in [1.165, 1.54) is 0 Å². The van der Waals surface area contributed by atoms with Crippen molar-refractivity contribution in [1.82, 2.24) is 9.97 Å². The summed E-state index contributed by atoms with van der Waals surface area (Å²) < 4.78 is 10.2. The zero-order valence-electron chi connectivity index (χ0n) is 11.3. The average Bonchev–Trinajstić information content (AvgIpc) is 2.38. The molecule has 5 heteroatoms. The van der Waals surface area contributed by atoms with E-state index in [-0.39, 0.29) is 0 Å². The van der Waals surface area contributed by atoms with Crippen molar-refractivity contribution in [2.75, 3.05) is 20.0 Å². The van der Waals surface area contributed by atoms with Gasteiger partial charge in [-0.05, 0) is 30.7 Å². The molecule has 0 fully saturated rings. The Labute approximate surface area is 112 Å². The number of hydrogen-bond acceptors (Lipinski definition) is 5. The van der Waals surface area contributed by atoms with Gasteiger partial charge in [0.25, 0.3) is 0 Å². The molecule has 19 heavy (non-hydrogen) atoms. The van der Waals surface area contributed by atoms with E-state index in [1.807, 2.05) is 25.1 Å². The molecular formula is C14H17N3O2. The van der Waals surface area contributed by atoms with E-state index in [2.05, 4.69) is 9.97 Å². The first-order chi connectivity index (χ1) is 9.13. The number of aryl methyl sites for hydroxylation is 1. The van der Waals surface area contributed by atoms with Crippen molar-refractivity contribution >= 4 is 5.82 Å². The van der Waals surface area contributed by atoms with Gasteiger partial charge < -0.3 is 15.2 Å².